The second-order valence-electron chi connectivity index (χ2n) is 6.00. The minimum absolute atomic E-state index is 0.172. The molecule has 0 spiro atoms. The zero-order chi connectivity index (χ0) is 15.1. The van der Waals surface area contributed by atoms with Crippen LogP contribution >= 0.6 is 0 Å². The molecular weight excluding hydrogens is 262 g/mol. The molecule has 0 atom stereocenters. The normalized spacial score (nSPS) is 17.4. The van der Waals surface area contributed by atoms with Gasteiger partial charge < -0.3 is 5.32 Å². The van der Waals surface area contributed by atoms with Crippen molar-refractivity contribution in [3.05, 3.63) is 29.6 Å². The third-order valence-corrected chi connectivity index (χ3v) is 4.41. The van der Waals surface area contributed by atoms with Crippen LogP contribution in [0.5, 0.6) is 0 Å². The highest BCUT2D eigenvalue weighted by atomic mass is 16.2. The van der Waals surface area contributed by atoms with Gasteiger partial charge in [-0.15, -0.1) is 0 Å². The predicted molar refractivity (Wildman–Crippen MR) is 84.9 cm³/mol. The van der Waals surface area contributed by atoms with Crippen LogP contribution < -0.4 is 10.6 Å². The first-order valence-corrected chi connectivity index (χ1v) is 8.12. The maximum absolute atomic E-state index is 12.6. The lowest BCUT2D eigenvalue weighted by atomic mass is 9.80. The highest BCUT2D eigenvalue weighted by molar-refractivity contribution is 5.86. The van der Waals surface area contributed by atoms with Gasteiger partial charge in [-0.05, 0) is 37.8 Å². The molecule has 2 N–H and O–H groups in total. The van der Waals surface area contributed by atoms with Crippen molar-refractivity contribution in [1.82, 2.24) is 15.6 Å². The number of carbonyl (C=O) groups excluding carboxylic acids is 1. The van der Waals surface area contributed by atoms with Gasteiger partial charge in [0.05, 0.1) is 5.54 Å². The zero-order valence-corrected chi connectivity index (χ0v) is 13.2. The molecule has 116 valence electrons. The lowest BCUT2D eigenvalue weighted by Crippen LogP contribution is -2.57. The average Bonchev–Trinajstić information content (AvgIpc) is 2.52. The Kier molecular flexibility index (Phi) is 5.74. The van der Waals surface area contributed by atoms with Crippen LogP contribution in [0.4, 0.5) is 0 Å². The third-order valence-electron chi connectivity index (χ3n) is 4.41. The van der Waals surface area contributed by atoms with E-state index in [1.165, 1.54) is 12.0 Å². The molecule has 1 heterocycles. The first-order valence-electron chi connectivity index (χ1n) is 8.12. The first-order chi connectivity index (χ1) is 10.2. The Labute approximate surface area is 127 Å². The summed E-state index contributed by atoms with van der Waals surface area (Å²) in [6, 6.07) is 4.03. The Balaban J connectivity index is 2.05. The summed E-state index contributed by atoms with van der Waals surface area (Å²) in [5.41, 5.74) is 1.81. The lowest BCUT2D eigenvalue weighted by Gasteiger charge is -2.37. The van der Waals surface area contributed by atoms with E-state index in [0.29, 0.717) is 6.54 Å². The van der Waals surface area contributed by atoms with Crippen molar-refractivity contribution < 1.29 is 4.79 Å². The minimum Gasteiger partial charge on any atom is -0.355 e. The molecule has 2 rings (SSSR count). The van der Waals surface area contributed by atoms with E-state index in [9.17, 15) is 4.79 Å². The summed E-state index contributed by atoms with van der Waals surface area (Å²) in [7, 11) is 0. The molecule has 1 fully saturated rings. The number of amides is 1. The number of aromatic nitrogens is 1. The Morgan fingerprint density at radius 1 is 1.33 bits per heavy atom. The number of aryl methyl sites for hydroxylation is 1. The Hall–Kier alpha value is -1.42. The molecule has 4 heteroatoms. The monoisotopic (exact) mass is 289 g/mol. The molecule has 0 unspecified atom stereocenters. The number of nitrogens with zero attached hydrogens (tertiary/aromatic N) is 1. The van der Waals surface area contributed by atoms with Crippen LogP contribution in [0.1, 0.15) is 56.7 Å². The zero-order valence-electron chi connectivity index (χ0n) is 13.2. The maximum atomic E-state index is 12.6. The molecule has 4 nitrogen and oxygen atoms in total. The molecule has 1 aromatic rings. The van der Waals surface area contributed by atoms with Crippen molar-refractivity contribution in [2.24, 2.45) is 0 Å². The first kappa shape index (κ1) is 16.0. The molecule has 1 aliphatic rings. The van der Waals surface area contributed by atoms with E-state index in [4.69, 9.17) is 0 Å². The summed E-state index contributed by atoms with van der Waals surface area (Å²) in [6.45, 7) is 5.56. The second kappa shape index (κ2) is 7.55. The standard InChI is InChI=1S/C17H27N3O/c1-3-11-19-16(21)17(9-5-4-6-10-17)20-13-15-8-7-12-18-14(15)2/h7-8,12,20H,3-6,9-11,13H2,1-2H3,(H,19,21). The van der Waals surface area contributed by atoms with E-state index in [2.05, 4.69) is 28.6 Å². The lowest BCUT2D eigenvalue weighted by molar-refractivity contribution is -0.129. The molecule has 0 radical (unpaired) electrons. The van der Waals surface area contributed by atoms with E-state index in [1.54, 1.807) is 0 Å². The summed E-state index contributed by atoms with van der Waals surface area (Å²) >= 11 is 0. The van der Waals surface area contributed by atoms with Crippen molar-refractivity contribution in [1.29, 1.82) is 0 Å². The van der Waals surface area contributed by atoms with E-state index >= 15 is 0 Å². The summed E-state index contributed by atoms with van der Waals surface area (Å²) < 4.78 is 0. The van der Waals surface area contributed by atoms with E-state index in [0.717, 1.165) is 44.3 Å². The molecule has 0 saturated heterocycles. The number of pyridine rings is 1. The summed E-state index contributed by atoms with van der Waals surface area (Å²) in [6.07, 6.45) is 8.13. The van der Waals surface area contributed by atoms with Gasteiger partial charge in [-0.2, -0.15) is 0 Å². The second-order valence-corrected chi connectivity index (χ2v) is 6.00. The largest absolute Gasteiger partial charge is 0.355 e. The van der Waals surface area contributed by atoms with Crippen LogP contribution in [0.3, 0.4) is 0 Å². The van der Waals surface area contributed by atoms with Crippen LogP contribution in [0, 0.1) is 6.92 Å². The Morgan fingerprint density at radius 3 is 2.76 bits per heavy atom. The molecule has 1 aromatic heterocycles. The number of rotatable bonds is 6. The van der Waals surface area contributed by atoms with Crippen LogP contribution in [-0.2, 0) is 11.3 Å². The average molecular weight is 289 g/mol. The Bertz CT molecular complexity index is 467. The van der Waals surface area contributed by atoms with Gasteiger partial charge in [0, 0.05) is 25.0 Å². The van der Waals surface area contributed by atoms with Crippen LogP contribution in [0.25, 0.3) is 0 Å². The fourth-order valence-corrected chi connectivity index (χ4v) is 3.02. The summed E-state index contributed by atoms with van der Waals surface area (Å²) in [5.74, 6) is 0.172. The van der Waals surface area contributed by atoms with Gasteiger partial charge >= 0.3 is 0 Å². The van der Waals surface area contributed by atoms with Gasteiger partial charge in [-0.1, -0.05) is 32.3 Å². The summed E-state index contributed by atoms with van der Waals surface area (Å²) in [5, 5.41) is 6.63. The van der Waals surface area contributed by atoms with Crippen LogP contribution in [0.15, 0.2) is 18.3 Å². The maximum Gasteiger partial charge on any atom is 0.240 e. The quantitative estimate of drug-likeness (QED) is 0.846. The van der Waals surface area contributed by atoms with Crippen molar-refractivity contribution >= 4 is 5.91 Å². The number of carbonyl (C=O) groups is 1. The van der Waals surface area contributed by atoms with Gasteiger partial charge in [-0.25, -0.2) is 0 Å². The Morgan fingerprint density at radius 2 is 2.10 bits per heavy atom. The molecule has 1 aliphatic carbocycles. The van der Waals surface area contributed by atoms with Crippen molar-refractivity contribution in [3.63, 3.8) is 0 Å². The fraction of sp³-hybridized carbons (Fsp3) is 0.647. The van der Waals surface area contributed by atoms with Gasteiger partial charge in [0.2, 0.25) is 5.91 Å². The van der Waals surface area contributed by atoms with Crippen LogP contribution in [0.2, 0.25) is 0 Å². The smallest absolute Gasteiger partial charge is 0.240 e. The fourth-order valence-electron chi connectivity index (χ4n) is 3.02. The topological polar surface area (TPSA) is 54.0 Å². The van der Waals surface area contributed by atoms with E-state index in [-0.39, 0.29) is 5.91 Å². The molecule has 1 saturated carbocycles. The highest BCUT2D eigenvalue weighted by Gasteiger charge is 2.38. The van der Waals surface area contributed by atoms with Gasteiger partial charge in [0.15, 0.2) is 0 Å². The molecule has 0 aromatic carbocycles. The van der Waals surface area contributed by atoms with Gasteiger partial charge in [-0.3, -0.25) is 15.1 Å². The van der Waals surface area contributed by atoms with Gasteiger partial charge in [0.25, 0.3) is 0 Å². The SMILES string of the molecule is CCCNC(=O)C1(NCc2cccnc2C)CCCCC1. The van der Waals surface area contributed by atoms with Gasteiger partial charge in [0.1, 0.15) is 0 Å². The molecule has 21 heavy (non-hydrogen) atoms. The number of hydrogen-bond acceptors (Lipinski definition) is 3. The predicted octanol–water partition coefficient (Wildman–Crippen LogP) is 2.71. The molecular formula is C17H27N3O. The minimum atomic E-state index is -0.393. The molecule has 0 aliphatic heterocycles. The molecule has 1 amide bonds. The number of nitrogens with one attached hydrogen (secondary N) is 2. The van der Waals surface area contributed by atoms with E-state index < -0.39 is 5.54 Å². The third kappa shape index (κ3) is 4.03. The van der Waals surface area contributed by atoms with E-state index in [1.807, 2.05) is 19.2 Å². The van der Waals surface area contributed by atoms with Crippen molar-refractivity contribution in [3.8, 4) is 0 Å². The number of hydrogen-bond donors (Lipinski definition) is 2. The summed E-state index contributed by atoms with van der Waals surface area (Å²) in [4.78, 5) is 16.9. The van der Waals surface area contributed by atoms with Crippen LogP contribution in [-0.4, -0.2) is 23.0 Å². The molecule has 0 bridgehead atoms. The van der Waals surface area contributed by atoms with Crippen molar-refractivity contribution in [2.75, 3.05) is 6.54 Å². The van der Waals surface area contributed by atoms with Crippen molar-refractivity contribution in [2.45, 2.75) is 64.5 Å². The highest BCUT2D eigenvalue weighted by Crippen LogP contribution is 2.29.